The van der Waals surface area contributed by atoms with Gasteiger partial charge in [0.2, 0.25) is 0 Å². The van der Waals surface area contributed by atoms with Crippen molar-refractivity contribution in [3.05, 3.63) is 12.7 Å². The molecule has 0 spiro atoms. The second kappa shape index (κ2) is 18.1. The summed E-state index contributed by atoms with van der Waals surface area (Å²) in [6.07, 6.45) is 15.1. The van der Waals surface area contributed by atoms with Crippen molar-refractivity contribution in [2.24, 2.45) is 11.8 Å². The molecule has 1 fully saturated rings. The van der Waals surface area contributed by atoms with Crippen molar-refractivity contribution in [3.8, 4) is 0 Å². The van der Waals surface area contributed by atoms with E-state index in [1.54, 1.807) is 0 Å². The zero-order chi connectivity index (χ0) is 21.2. The molecule has 2 N–H and O–H groups in total. The van der Waals surface area contributed by atoms with Crippen LogP contribution in [0, 0.1) is 11.8 Å². The Bertz CT molecular complexity index is 420. The molecule has 1 rings (SSSR count). The zero-order valence-electron chi connectivity index (χ0n) is 19.1. The van der Waals surface area contributed by atoms with Gasteiger partial charge in [-0.2, -0.15) is 11.8 Å². The quantitative estimate of drug-likeness (QED) is 0.324. The van der Waals surface area contributed by atoms with Gasteiger partial charge in [0.15, 0.2) is 0 Å². The van der Waals surface area contributed by atoms with E-state index in [-0.39, 0.29) is 12.2 Å². The Kier molecular flexibility index (Phi) is 16.5. The first-order valence-electron chi connectivity index (χ1n) is 12.0. The molecule has 1 amide bonds. The van der Waals surface area contributed by atoms with Crippen LogP contribution in [0.2, 0.25) is 0 Å². The van der Waals surface area contributed by atoms with E-state index < -0.39 is 0 Å². The lowest BCUT2D eigenvalue weighted by molar-refractivity contribution is 0.0761. The molecular weight excluding hydrogens is 380 g/mol. The van der Waals surface area contributed by atoms with Crippen LogP contribution in [0.1, 0.15) is 84.5 Å². The highest BCUT2D eigenvalue weighted by Gasteiger charge is 2.18. The van der Waals surface area contributed by atoms with Gasteiger partial charge in [0.05, 0.1) is 0 Å². The van der Waals surface area contributed by atoms with E-state index in [1.807, 2.05) is 17.8 Å². The molecule has 3 atom stereocenters. The van der Waals surface area contributed by atoms with E-state index in [0.29, 0.717) is 12.5 Å². The van der Waals surface area contributed by atoms with Gasteiger partial charge in [-0.1, -0.05) is 64.9 Å². The lowest BCUT2D eigenvalue weighted by Crippen LogP contribution is -2.31. The predicted octanol–water partition coefficient (Wildman–Crippen LogP) is 6.17. The van der Waals surface area contributed by atoms with Crippen LogP contribution in [-0.2, 0) is 4.74 Å². The summed E-state index contributed by atoms with van der Waals surface area (Å²) in [7, 11) is 0. The molecule has 1 aliphatic carbocycles. The first-order valence-corrected chi connectivity index (χ1v) is 13.1. The number of rotatable bonds is 10. The number of nitrogens with one attached hydrogen (secondary N) is 2. The summed E-state index contributed by atoms with van der Waals surface area (Å²) in [5, 5.41) is 6.25. The number of carbonyl (C=O) groups is 1. The Labute approximate surface area is 184 Å². The second-order valence-electron chi connectivity index (χ2n) is 8.78. The third-order valence-electron chi connectivity index (χ3n) is 5.75. The first-order chi connectivity index (χ1) is 14.1. The molecule has 0 radical (unpaired) electrons. The fourth-order valence-corrected chi connectivity index (χ4v) is 4.81. The van der Waals surface area contributed by atoms with Crippen molar-refractivity contribution in [1.82, 2.24) is 10.6 Å². The van der Waals surface area contributed by atoms with Crippen LogP contribution < -0.4 is 10.6 Å². The summed E-state index contributed by atoms with van der Waals surface area (Å²) in [5.74, 6) is 3.66. The summed E-state index contributed by atoms with van der Waals surface area (Å²) >= 11 is 1.92. The van der Waals surface area contributed by atoms with Gasteiger partial charge in [-0.15, -0.1) is 6.58 Å². The number of ether oxygens (including phenoxy) is 1. The van der Waals surface area contributed by atoms with E-state index in [9.17, 15) is 4.79 Å². The van der Waals surface area contributed by atoms with Crippen LogP contribution in [0.4, 0.5) is 4.79 Å². The van der Waals surface area contributed by atoms with Gasteiger partial charge < -0.3 is 15.4 Å². The molecule has 3 unspecified atom stereocenters. The molecule has 0 heterocycles. The summed E-state index contributed by atoms with van der Waals surface area (Å²) in [5.41, 5.74) is 0. The number of hydrogen-bond donors (Lipinski definition) is 2. The third kappa shape index (κ3) is 15.8. The maximum absolute atomic E-state index is 12.2. The van der Waals surface area contributed by atoms with E-state index in [2.05, 4.69) is 31.1 Å². The molecule has 4 nitrogen and oxygen atoms in total. The minimum atomic E-state index is -0.224. The average molecular weight is 427 g/mol. The largest absolute Gasteiger partial charge is 0.446 e. The van der Waals surface area contributed by atoms with Crippen LogP contribution in [0.25, 0.3) is 0 Å². The number of alkyl carbamates (subject to hydrolysis) is 1. The molecule has 1 aliphatic rings. The van der Waals surface area contributed by atoms with Gasteiger partial charge in [-0.05, 0) is 43.3 Å². The topological polar surface area (TPSA) is 50.4 Å². The van der Waals surface area contributed by atoms with Gasteiger partial charge in [-0.25, -0.2) is 4.79 Å². The standard InChI is InChI=1S/C24H46N2O2S/c1-4-15-25-17-19-29-18-10-16-26-24(27)28-23-14-7-5-6-11-21(2)12-8-9-13-22(3)20-23/h4,21-23,25H,1,5-20H2,2-3H3,(H,26,27). The van der Waals surface area contributed by atoms with Crippen molar-refractivity contribution in [3.63, 3.8) is 0 Å². The Morgan fingerprint density at radius 3 is 2.45 bits per heavy atom. The van der Waals surface area contributed by atoms with E-state index in [1.165, 1.54) is 51.4 Å². The van der Waals surface area contributed by atoms with E-state index in [0.717, 1.165) is 49.8 Å². The van der Waals surface area contributed by atoms with Crippen molar-refractivity contribution < 1.29 is 9.53 Å². The highest BCUT2D eigenvalue weighted by molar-refractivity contribution is 7.99. The van der Waals surface area contributed by atoms with Gasteiger partial charge in [-0.3, -0.25) is 0 Å². The molecule has 0 aromatic carbocycles. The van der Waals surface area contributed by atoms with Crippen molar-refractivity contribution >= 4 is 17.9 Å². The Morgan fingerprint density at radius 1 is 1.00 bits per heavy atom. The number of hydrogen-bond acceptors (Lipinski definition) is 4. The van der Waals surface area contributed by atoms with E-state index in [4.69, 9.17) is 4.74 Å². The first kappa shape index (κ1) is 26.4. The SMILES string of the molecule is C=CCNCCSCCCNC(=O)OC1CCCCCC(C)CCCCC(C)C1. The van der Waals surface area contributed by atoms with E-state index >= 15 is 0 Å². The molecular formula is C24H46N2O2S. The minimum absolute atomic E-state index is 0.0773. The molecule has 170 valence electrons. The maximum atomic E-state index is 12.2. The Morgan fingerprint density at radius 2 is 1.69 bits per heavy atom. The predicted molar refractivity (Wildman–Crippen MR) is 128 cm³/mol. The lowest BCUT2D eigenvalue weighted by Gasteiger charge is -2.22. The zero-order valence-corrected chi connectivity index (χ0v) is 19.9. The Hall–Kier alpha value is -0.680. The average Bonchev–Trinajstić information content (AvgIpc) is 2.70. The monoisotopic (exact) mass is 426 g/mol. The molecule has 29 heavy (non-hydrogen) atoms. The normalized spacial score (nSPS) is 24.6. The van der Waals surface area contributed by atoms with Crippen molar-refractivity contribution in [2.45, 2.75) is 90.6 Å². The summed E-state index contributed by atoms with van der Waals surface area (Å²) in [6.45, 7) is 11.0. The molecule has 0 aliphatic heterocycles. The smallest absolute Gasteiger partial charge is 0.407 e. The van der Waals surface area contributed by atoms with Crippen LogP contribution >= 0.6 is 11.8 Å². The minimum Gasteiger partial charge on any atom is -0.446 e. The molecule has 0 aromatic rings. The molecule has 0 aromatic heterocycles. The molecule has 1 saturated carbocycles. The fraction of sp³-hybridized carbons (Fsp3) is 0.875. The van der Waals surface area contributed by atoms with Gasteiger partial charge in [0.1, 0.15) is 6.10 Å². The highest BCUT2D eigenvalue weighted by atomic mass is 32.2. The molecule has 0 bridgehead atoms. The Balaban J connectivity index is 2.21. The maximum Gasteiger partial charge on any atom is 0.407 e. The van der Waals surface area contributed by atoms with Crippen LogP contribution in [-0.4, -0.2) is 43.3 Å². The van der Waals surface area contributed by atoms with Crippen LogP contribution in [0.5, 0.6) is 0 Å². The summed E-state index contributed by atoms with van der Waals surface area (Å²) in [6, 6.07) is 0. The molecule has 5 heteroatoms. The second-order valence-corrected chi connectivity index (χ2v) is 10.0. The van der Waals surface area contributed by atoms with Gasteiger partial charge >= 0.3 is 6.09 Å². The fourth-order valence-electron chi connectivity index (χ4n) is 3.97. The lowest BCUT2D eigenvalue weighted by atomic mass is 9.94. The third-order valence-corrected chi connectivity index (χ3v) is 6.82. The molecule has 0 saturated heterocycles. The van der Waals surface area contributed by atoms with Gasteiger partial charge in [0, 0.05) is 25.4 Å². The summed E-state index contributed by atoms with van der Waals surface area (Å²) < 4.78 is 5.81. The highest BCUT2D eigenvalue weighted by Crippen LogP contribution is 2.24. The van der Waals surface area contributed by atoms with Gasteiger partial charge in [0.25, 0.3) is 0 Å². The number of carbonyl (C=O) groups excluding carboxylic acids is 1. The number of thioether (sulfide) groups is 1. The number of amides is 1. The van der Waals surface area contributed by atoms with Crippen LogP contribution in [0.3, 0.4) is 0 Å². The van der Waals surface area contributed by atoms with Crippen LogP contribution in [0.15, 0.2) is 12.7 Å². The van der Waals surface area contributed by atoms with Crippen molar-refractivity contribution in [1.29, 1.82) is 0 Å². The summed E-state index contributed by atoms with van der Waals surface area (Å²) in [4.78, 5) is 12.2. The van der Waals surface area contributed by atoms with Crippen molar-refractivity contribution in [2.75, 3.05) is 31.1 Å².